The lowest BCUT2D eigenvalue weighted by atomic mass is 10.2. The first-order chi connectivity index (χ1) is 7.67. The summed E-state index contributed by atoms with van der Waals surface area (Å²) in [6, 6.07) is 7.65. The molecule has 0 aliphatic heterocycles. The number of thioether (sulfide) groups is 1. The molecule has 88 valence electrons. The van der Waals surface area contributed by atoms with Gasteiger partial charge in [0.05, 0.1) is 0 Å². The van der Waals surface area contributed by atoms with E-state index in [1.807, 2.05) is 30.5 Å². The number of carbonyl (C=O) groups excluding carboxylic acids is 1. The molecule has 1 amide bonds. The quantitative estimate of drug-likeness (QED) is 0.668. The first-order valence-electron chi connectivity index (χ1n) is 5.15. The van der Waals surface area contributed by atoms with Crippen molar-refractivity contribution in [3.05, 3.63) is 29.8 Å². The van der Waals surface area contributed by atoms with Crippen LogP contribution in [0.5, 0.6) is 0 Å². The topological polar surface area (TPSA) is 29.1 Å². The van der Waals surface area contributed by atoms with Gasteiger partial charge in [0.25, 0.3) is 5.91 Å². The molecule has 0 bridgehead atoms. The number of benzene rings is 1. The molecule has 1 rings (SSSR count). The van der Waals surface area contributed by atoms with Gasteiger partial charge >= 0.3 is 0 Å². The molecule has 4 heteroatoms. The maximum atomic E-state index is 11.7. The van der Waals surface area contributed by atoms with Gasteiger partial charge < -0.3 is 5.32 Å². The first-order valence-corrected chi connectivity index (χ1v) is 7.50. The number of carbonyl (C=O) groups is 1. The minimum absolute atomic E-state index is 0.000420. The standard InChI is InChI=1S/C12H16BrNOS/c1-9(7-13)8-14-12(15)10-3-5-11(16-2)6-4-10/h3-6,9H,7-8H2,1-2H3,(H,14,15). The minimum atomic E-state index is 0.000420. The Morgan fingerprint density at radius 2 is 2.06 bits per heavy atom. The highest BCUT2D eigenvalue weighted by Crippen LogP contribution is 2.14. The summed E-state index contributed by atoms with van der Waals surface area (Å²) >= 11 is 5.06. The van der Waals surface area contributed by atoms with Crippen LogP contribution in [0.3, 0.4) is 0 Å². The summed E-state index contributed by atoms with van der Waals surface area (Å²) in [5, 5.41) is 3.81. The highest BCUT2D eigenvalue weighted by atomic mass is 79.9. The molecule has 0 aliphatic carbocycles. The van der Waals surface area contributed by atoms with Crippen LogP contribution in [-0.4, -0.2) is 24.0 Å². The van der Waals surface area contributed by atoms with Crippen LogP contribution in [0.2, 0.25) is 0 Å². The third kappa shape index (κ3) is 4.18. The largest absolute Gasteiger partial charge is 0.352 e. The van der Waals surface area contributed by atoms with E-state index in [0.717, 1.165) is 10.9 Å². The SMILES string of the molecule is CSc1ccc(C(=O)NCC(C)CBr)cc1. The van der Waals surface area contributed by atoms with Gasteiger partial charge in [0.2, 0.25) is 0 Å². The first kappa shape index (κ1) is 13.6. The van der Waals surface area contributed by atoms with Crippen molar-refractivity contribution in [3.8, 4) is 0 Å². The Morgan fingerprint density at radius 1 is 1.44 bits per heavy atom. The molecule has 0 aromatic heterocycles. The molecule has 0 saturated carbocycles. The molecule has 1 N–H and O–H groups in total. The van der Waals surface area contributed by atoms with Crippen LogP contribution in [0.1, 0.15) is 17.3 Å². The highest BCUT2D eigenvalue weighted by Gasteiger charge is 2.06. The van der Waals surface area contributed by atoms with Gasteiger partial charge in [0.1, 0.15) is 0 Å². The molecule has 0 fully saturated rings. The lowest BCUT2D eigenvalue weighted by Gasteiger charge is -2.09. The molecule has 0 aliphatic rings. The zero-order valence-corrected chi connectivity index (χ0v) is 11.9. The third-order valence-electron chi connectivity index (χ3n) is 2.23. The van der Waals surface area contributed by atoms with Crippen LogP contribution in [0.25, 0.3) is 0 Å². The molecule has 0 saturated heterocycles. The second-order valence-corrected chi connectivity index (χ2v) is 5.23. The van der Waals surface area contributed by atoms with E-state index in [0.29, 0.717) is 12.5 Å². The van der Waals surface area contributed by atoms with Crippen LogP contribution in [-0.2, 0) is 0 Å². The maximum absolute atomic E-state index is 11.7. The number of rotatable bonds is 5. The molecular weight excluding hydrogens is 286 g/mol. The lowest BCUT2D eigenvalue weighted by molar-refractivity contribution is 0.0949. The third-order valence-corrected chi connectivity index (χ3v) is 4.08. The smallest absolute Gasteiger partial charge is 0.251 e. The van der Waals surface area contributed by atoms with Gasteiger partial charge in [0.15, 0.2) is 0 Å². The van der Waals surface area contributed by atoms with Crippen LogP contribution in [0.15, 0.2) is 29.2 Å². The summed E-state index contributed by atoms with van der Waals surface area (Å²) in [4.78, 5) is 12.9. The Labute approximate surface area is 109 Å². The van der Waals surface area contributed by atoms with Crippen molar-refractivity contribution in [1.29, 1.82) is 0 Å². The van der Waals surface area contributed by atoms with E-state index in [2.05, 4.69) is 28.2 Å². The molecule has 0 heterocycles. The molecule has 0 radical (unpaired) electrons. The van der Waals surface area contributed by atoms with Crippen molar-refractivity contribution < 1.29 is 4.79 Å². The van der Waals surface area contributed by atoms with E-state index in [9.17, 15) is 4.79 Å². The molecular formula is C12H16BrNOS. The Kier molecular flexibility index (Phi) is 5.91. The van der Waals surface area contributed by atoms with Gasteiger partial charge in [-0.1, -0.05) is 22.9 Å². The molecule has 1 atom stereocenters. The minimum Gasteiger partial charge on any atom is -0.352 e. The zero-order valence-electron chi connectivity index (χ0n) is 9.50. The van der Waals surface area contributed by atoms with Gasteiger partial charge in [-0.05, 0) is 36.4 Å². The number of halogens is 1. The van der Waals surface area contributed by atoms with E-state index < -0.39 is 0 Å². The van der Waals surface area contributed by atoms with Gasteiger partial charge in [-0.15, -0.1) is 11.8 Å². The summed E-state index contributed by atoms with van der Waals surface area (Å²) in [7, 11) is 0. The fraction of sp³-hybridized carbons (Fsp3) is 0.417. The Morgan fingerprint density at radius 3 is 2.56 bits per heavy atom. The fourth-order valence-electron chi connectivity index (χ4n) is 1.17. The Balaban J connectivity index is 2.52. The average Bonchev–Trinajstić information content (AvgIpc) is 2.35. The number of amides is 1. The normalized spacial score (nSPS) is 12.2. The van der Waals surface area contributed by atoms with Crippen molar-refractivity contribution in [3.63, 3.8) is 0 Å². The van der Waals surface area contributed by atoms with Crippen LogP contribution in [0.4, 0.5) is 0 Å². The number of nitrogens with one attached hydrogen (secondary N) is 1. The summed E-state index contributed by atoms with van der Waals surface area (Å²) in [5.74, 6) is 0.454. The molecule has 1 aromatic rings. The summed E-state index contributed by atoms with van der Waals surface area (Å²) in [6.45, 7) is 2.79. The summed E-state index contributed by atoms with van der Waals surface area (Å²) in [5.41, 5.74) is 0.722. The van der Waals surface area contributed by atoms with Gasteiger partial charge in [0, 0.05) is 22.3 Å². The predicted octanol–water partition coefficient (Wildman–Crippen LogP) is 3.17. The summed E-state index contributed by atoms with van der Waals surface area (Å²) < 4.78 is 0. The molecule has 0 spiro atoms. The number of hydrogen-bond donors (Lipinski definition) is 1. The van der Waals surface area contributed by atoms with Gasteiger partial charge in [-0.25, -0.2) is 0 Å². The van der Waals surface area contributed by atoms with Crippen molar-refractivity contribution in [2.75, 3.05) is 18.1 Å². The molecule has 2 nitrogen and oxygen atoms in total. The molecule has 1 unspecified atom stereocenters. The number of hydrogen-bond acceptors (Lipinski definition) is 2. The predicted molar refractivity (Wildman–Crippen MR) is 73.5 cm³/mol. The molecule has 1 aromatic carbocycles. The second-order valence-electron chi connectivity index (χ2n) is 3.70. The van der Waals surface area contributed by atoms with Crippen molar-refractivity contribution in [1.82, 2.24) is 5.32 Å². The van der Waals surface area contributed by atoms with Gasteiger partial charge in [-0.3, -0.25) is 4.79 Å². The zero-order chi connectivity index (χ0) is 12.0. The van der Waals surface area contributed by atoms with E-state index in [4.69, 9.17) is 0 Å². The van der Waals surface area contributed by atoms with E-state index in [1.165, 1.54) is 4.90 Å². The average molecular weight is 302 g/mol. The Bertz CT molecular complexity index is 339. The van der Waals surface area contributed by atoms with E-state index >= 15 is 0 Å². The monoisotopic (exact) mass is 301 g/mol. The van der Waals surface area contributed by atoms with Crippen molar-refractivity contribution in [2.45, 2.75) is 11.8 Å². The maximum Gasteiger partial charge on any atom is 0.251 e. The van der Waals surface area contributed by atoms with Crippen LogP contribution >= 0.6 is 27.7 Å². The number of alkyl halides is 1. The van der Waals surface area contributed by atoms with Crippen molar-refractivity contribution >= 4 is 33.6 Å². The van der Waals surface area contributed by atoms with E-state index in [-0.39, 0.29) is 5.91 Å². The van der Waals surface area contributed by atoms with Gasteiger partial charge in [-0.2, -0.15) is 0 Å². The molecule has 16 heavy (non-hydrogen) atoms. The van der Waals surface area contributed by atoms with Crippen LogP contribution in [0, 0.1) is 5.92 Å². The van der Waals surface area contributed by atoms with E-state index in [1.54, 1.807) is 11.8 Å². The van der Waals surface area contributed by atoms with Crippen LogP contribution < -0.4 is 5.32 Å². The van der Waals surface area contributed by atoms with Crippen molar-refractivity contribution in [2.24, 2.45) is 5.92 Å². The lowest BCUT2D eigenvalue weighted by Crippen LogP contribution is -2.28. The summed E-state index contributed by atoms with van der Waals surface area (Å²) in [6.07, 6.45) is 2.02. The Hall–Kier alpha value is -0.480. The fourth-order valence-corrected chi connectivity index (χ4v) is 1.80. The highest BCUT2D eigenvalue weighted by molar-refractivity contribution is 9.09. The second kappa shape index (κ2) is 6.97.